The number of hydrogen-bond donors (Lipinski definition) is 2. The second-order valence-corrected chi connectivity index (χ2v) is 5.09. The average Bonchev–Trinajstić information content (AvgIpc) is 2.82. The van der Waals surface area contributed by atoms with Gasteiger partial charge in [0.2, 0.25) is 0 Å². The number of aromatic nitrogens is 2. The Morgan fingerprint density at radius 2 is 2.16 bits per heavy atom. The Balaban J connectivity index is 2.50. The third kappa shape index (κ3) is 2.00. The number of aryl methyl sites for hydroxylation is 1. The molecular formula is C12H16N4O3. The molecule has 0 spiro atoms. The van der Waals surface area contributed by atoms with E-state index in [0.717, 1.165) is 0 Å². The number of rotatable bonds is 3. The van der Waals surface area contributed by atoms with Crippen LogP contribution in [0.2, 0.25) is 0 Å². The molecule has 2 heterocycles. The molecule has 0 fully saturated rings. The Hall–Kier alpha value is -2.18. The van der Waals surface area contributed by atoms with E-state index >= 15 is 0 Å². The number of nitrogens with one attached hydrogen (secondary N) is 1. The number of carboxylic acid groups (broad SMARTS) is 1. The van der Waals surface area contributed by atoms with Gasteiger partial charge in [-0.05, 0) is 12.8 Å². The van der Waals surface area contributed by atoms with Crippen molar-refractivity contribution in [2.24, 2.45) is 18.0 Å². The van der Waals surface area contributed by atoms with Crippen LogP contribution in [0.15, 0.2) is 11.2 Å². The van der Waals surface area contributed by atoms with Gasteiger partial charge in [-0.3, -0.25) is 9.48 Å². The van der Waals surface area contributed by atoms with Crippen molar-refractivity contribution in [3.8, 4) is 0 Å². The molecule has 0 aromatic carbocycles. The van der Waals surface area contributed by atoms with Crippen LogP contribution in [0.1, 0.15) is 36.8 Å². The summed E-state index contributed by atoms with van der Waals surface area (Å²) in [4.78, 5) is 27.5. The van der Waals surface area contributed by atoms with Crippen LogP contribution in [-0.2, 0) is 11.8 Å². The van der Waals surface area contributed by atoms with Crippen LogP contribution in [0.25, 0.3) is 0 Å². The van der Waals surface area contributed by atoms with E-state index in [-0.39, 0.29) is 28.9 Å². The minimum Gasteiger partial charge on any atom is -0.478 e. The molecule has 2 N–H and O–H groups in total. The molecule has 0 radical (unpaired) electrons. The van der Waals surface area contributed by atoms with Crippen molar-refractivity contribution in [3.05, 3.63) is 17.5 Å². The monoisotopic (exact) mass is 264 g/mol. The van der Waals surface area contributed by atoms with E-state index in [0.29, 0.717) is 0 Å². The van der Waals surface area contributed by atoms with Crippen molar-refractivity contribution in [2.45, 2.75) is 26.3 Å². The lowest BCUT2D eigenvalue weighted by atomic mass is 9.89. The average molecular weight is 264 g/mol. The number of carbonyl (C=O) groups is 2. The Kier molecular flexibility index (Phi) is 2.92. The van der Waals surface area contributed by atoms with Gasteiger partial charge in [0.1, 0.15) is 16.8 Å². The molecule has 19 heavy (non-hydrogen) atoms. The lowest BCUT2D eigenvalue weighted by molar-refractivity contribution is -0.124. The fourth-order valence-corrected chi connectivity index (χ4v) is 1.87. The lowest BCUT2D eigenvalue weighted by Crippen LogP contribution is -2.41. The van der Waals surface area contributed by atoms with E-state index in [4.69, 9.17) is 5.11 Å². The summed E-state index contributed by atoms with van der Waals surface area (Å²) in [6.45, 7) is 5.51. The second kappa shape index (κ2) is 4.18. The van der Waals surface area contributed by atoms with Crippen molar-refractivity contribution in [2.75, 3.05) is 0 Å². The molecule has 1 aromatic rings. The van der Waals surface area contributed by atoms with E-state index in [1.54, 1.807) is 14.0 Å². The minimum absolute atomic E-state index is 0.00184. The summed E-state index contributed by atoms with van der Waals surface area (Å²) >= 11 is 0. The number of amidine groups is 1. The summed E-state index contributed by atoms with van der Waals surface area (Å²) in [6.07, 6.45) is 1.39. The highest BCUT2D eigenvalue weighted by Gasteiger charge is 2.43. The molecule has 0 aliphatic carbocycles. The first kappa shape index (κ1) is 13.3. The van der Waals surface area contributed by atoms with Gasteiger partial charge in [-0.15, -0.1) is 0 Å². The van der Waals surface area contributed by atoms with Crippen LogP contribution in [0, 0.1) is 5.92 Å². The maximum Gasteiger partial charge on any atom is 0.339 e. The predicted octanol–water partition coefficient (Wildman–Crippen LogP) is 0.409. The first-order valence-corrected chi connectivity index (χ1v) is 5.94. The molecule has 102 valence electrons. The highest BCUT2D eigenvalue weighted by Crippen LogP contribution is 2.27. The molecule has 1 aliphatic heterocycles. The van der Waals surface area contributed by atoms with E-state index in [9.17, 15) is 9.59 Å². The van der Waals surface area contributed by atoms with Gasteiger partial charge < -0.3 is 10.4 Å². The van der Waals surface area contributed by atoms with Gasteiger partial charge in [0, 0.05) is 13.2 Å². The summed E-state index contributed by atoms with van der Waals surface area (Å²) in [5.74, 6) is -1.11. The fourth-order valence-electron chi connectivity index (χ4n) is 1.87. The van der Waals surface area contributed by atoms with Crippen LogP contribution in [-0.4, -0.2) is 38.1 Å². The molecule has 1 aliphatic rings. The SMILES string of the molecule is CC(C)C1(C)N=C(c2nn(C)cc2C(=O)O)NC1=O. The highest BCUT2D eigenvalue weighted by molar-refractivity contribution is 6.17. The zero-order valence-corrected chi connectivity index (χ0v) is 11.3. The van der Waals surface area contributed by atoms with Gasteiger partial charge in [0.05, 0.1) is 0 Å². The molecule has 0 bridgehead atoms. The molecule has 7 heteroatoms. The maximum absolute atomic E-state index is 12.0. The number of aliphatic imine (C=N–C) groups is 1. The quantitative estimate of drug-likeness (QED) is 0.826. The summed E-state index contributed by atoms with van der Waals surface area (Å²) in [6, 6.07) is 0. The summed E-state index contributed by atoms with van der Waals surface area (Å²) in [5, 5.41) is 15.8. The number of carbonyl (C=O) groups excluding carboxylic acids is 1. The first-order valence-electron chi connectivity index (χ1n) is 5.94. The number of amides is 1. The van der Waals surface area contributed by atoms with Gasteiger partial charge in [-0.2, -0.15) is 5.10 Å². The van der Waals surface area contributed by atoms with Crippen LogP contribution in [0.4, 0.5) is 0 Å². The normalized spacial score (nSPS) is 22.6. The number of nitrogens with zero attached hydrogens (tertiary/aromatic N) is 3. The van der Waals surface area contributed by atoms with E-state index in [1.165, 1.54) is 10.9 Å². The molecule has 0 saturated carbocycles. The van der Waals surface area contributed by atoms with Gasteiger partial charge in [-0.25, -0.2) is 9.79 Å². The molecule has 1 unspecified atom stereocenters. The van der Waals surface area contributed by atoms with Crippen molar-refractivity contribution in [1.29, 1.82) is 0 Å². The smallest absolute Gasteiger partial charge is 0.339 e. The number of aromatic carboxylic acids is 1. The molecule has 2 rings (SSSR count). The van der Waals surface area contributed by atoms with Crippen LogP contribution in [0.3, 0.4) is 0 Å². The summed E-state index contributed by atoms with van der Waals surface area (Å²) in [7, 11) is 1.62. The van der Waals surface area contributed by atoms with E-state index in [2.05, 4.69) is 15.4 Å². The predicted molar refractivity (Wildman–Crippen MR) is 68.1 cm³/mol. The van der Waals surface area contributed by atoms with Crippen LogP contribution < -0.4 is 5.32 Å². The fraction of sp³-hybridized carbons (Fsp3) is 0.500. The Morgan fingerprint density at radius 3 is 2.63 bits per heavy atom. The molecule has 1 amide bonds. The van der Waals surface area contributed by atoms with E-state index in [1.807, 2.05) is 13.8 Å². The van der Waals surface area contributed by atoms with Crippen molar-refractivity contribution in [1.82, 2.24) is 15.1 Å². The molecule has 0 saturated heterocycles. The lowest BCUT2D eigenvalue weighted by Gasteiger charge is -2.21. The second-order valence-electron chi connectivity index (χ2n) is 5.09. The van der Waals surface area contributed by atoms with Crippen molar-refractivity contribution >= 4 is 17.7 Å². The minimum atomic E-state index is -1.10. The maximum atomic E-state index is 12.0. The first-order chi connectivity index (χ1) is 8.75. The van der Waals surface area contributed by atoms with Crippen LogP contribution in [0.5, 0.6) is 0 Å². The third-order valence-electron chi connectivity index (χ3n) is 3.44. The largest absolute Gasteiger partial charge is 0.478 e. The molecule has 7 nitrogen and oxygen atoms in total. The van der Waals surface area contributed by atoms with Gasteiger partial charge >= 0.3 is 5.97 Å². The molecule has 1 atom stereocenters. The van der Waals surface area contributed by atoms with Gasteiger partial charge in [0.15, 0.2) is 5.84 Å². The van der Waals surface area contributed by atoms with Gasteiger partial charge in [-0.1, -0.05) is 13.8 Å². The molecule has 1 aromatic heterocycles. The summed E-state index contributed by atoms with van der Waals surface area (Å²) in [5.41, 5.74) is -0.676. The van der Waals surface area contributed by atoms with Gasteiger partial charge in [0.25, 0.3) is 5.91 Å². The van der Waals surface area contributed by atoms with E-state index < -0.39 is 11.5 Å². The topological polar surface area (TPSA) is 96.6 Å². The highest BCUT2D eigenvalue weighted by atomic mass is 16.4. The summed E-state index contributed by atoms with van der Waals surface area (Å²) < 4.78 is 1.39. The Morgan fingerprint density at radius 1 is 1.53 bits per heavy atom. The Labute approximate surface area is 110 Å². The Bertz CT molecular complexity index is 588. The standard InChI is InChI=1S/C12H16N4O3/c1-6(2)12(3)11(19)13-9(14-12)8-7(10(17)18)5-16(4)15-8/h5-6H,1-4H3,(H,17,18)(H,13,14,19). The third-order valence-corrected chi connectivity index (χ3v) is 3.44. The number of hydrogen-bond acceptors (Lipinski definition) is 4. The molecular weight excluding hydrogens is 248 g/mol. The zero-order valence-electron chi connectivity index (χ0n) is 11.3. The number of carboxylic acids is 1. The van der Waals surface area contributed by atoms with Crippen molar-refractivity contribution in [3.63, 3.8) is 0 Å². The van der Waals surface area contributed by atoms with Crippen LogP contribution >= 0.6 is 0 Å². The van der Waals surface area contributed by atoms with Crippen molar-refractivity contribution < 1.29 is 14.7 Å². The zero-order chi connectivity index (χ0) is 14.4.